The number of amides is 1. The average Bonchev–Trinajstić information content (AvgIpc) is 3.64. The molecule has 1 unspecified atom stereocenters. The standard InChI is InChI=1S/C24H30ClF3N4O3S/c1-31-19-12-17(8-9-18(19)21(25)22(31)14-2-3-14)36(34,35)30-16-6-4-15(5-7-16)23(33)32-11-10-29-20(13-32)24(26,27)28/h8-9,12,14-16,20,29-30H,2-7,10-11,13H2,1H3. The first-order valence-corrected chi connectivity index (χ1v) is 14.2. The molecule has 2 aromatic rings. The summed E-state index contributed by atoms with van der Waals surface area (Å²) in [6.45, 7) is -0.0427. The first kappa shape index (κ1) is 25.8. The maximum absolute atomic E-state index is 13.1. The average molecular weight is 547 g/mol. The highest BCUT2D eigenvalue weighted by Crippen LogP contribution is 2.46. The number of carbonyl (C=O) groups is 1. The van der Waals surface area contributed by atoms with Crippen LogP contribution in [0.3, 0.4) is 0 Å². The van der Waals surface area contributed by atoms with Crippen molar-refractivity contribution in [1.29, 1.82) is 0 Å². The van der Waals surface area contributed by atoms with Gasteiger partial charge in [0.1, 0.15) is 6.04 Å². The molecule has 0 spiro atoms. The zero-order chi connectivity index (χ0) is 25.8. The number of hydrogen-bond acceptors (Lipinski definition) is 4. The first-order valence-electron chi connectivity index (χ1n) is 12.3. The Morgan fingerprint density at radius 1 is 1.14 bits per heavy atom. The zero-order valence-corrected chi connectivity index (χ0v) is 21.5. The molecule has 1 amide bonds. The smallest absolute Gasteiger partial charge is 0.346 e. The molecule has 5 rings (SSSR count). The van der Waals surface area contributed by atoms with Gasteiger partial charge in [0.15, 0.2) is 0 Å². The van der Waals surface area contributed by atoms with Crippen LogP contribution in [0.5, 0.6) is 0 Å². The third-order valence-corrected chi connectivity index (χ3v) is 9.62. The van der Waals surface area contributed by atoms with E-state index in [1.165, 1.54) is 4.90 Å². The fraction of sp³-hybridized carbons (Fsp3) is 0.625. The van der Waals surface area contributed by atoms with Gasteiger partial charge in [-0.1, -0.05) is 11.6 Å². The van der Waals surface area contributed by atoms with Crippen molar-refractivity contribution in [3.05, 3.63) is 28.9 Å². The Bertz CT molecular complexity index is 1270. The fourth-order valence-electron chi connectivity index (χ4n) is 5.54. The number of aryl methyl sites for hydroxylation is 1. The molecule has 1 aromatic heterocycles. The fourth-order valence-corrected chi connectivity index (χ4v) is 7.31. The number of halogens is 4. The minimum absolute atomic E-state index is 0.101. The van der Waals surface area contributed by atoms with E-state index in [4.69, 9.17) is 11.6 Å². The Morgan fingerprint density at radius 3 is 2.47 bits per heavy atom. The van der Waals surface area contributed by atoms with Crippen molar-refractivity contribution in [1.82, 2.24) is 19.5 Å². The number of fused-ring (bicyclic) bond motifs is 1. The number of sulfonamides is 1. The number of nitrogens with zero attached hydrogens (tertiary/aromatic N) is 2. The van der Waals surface area contributed by atoms with Gasteiger partial charge in [0.25, 0.3) is 0 Å². The summed E-state index contributed by atoms with van der Waals surface area (Å²) in [6, 6.07) is 2.90. The van der Waals surface area contributed by atoms with Gasteiger partial charge in [0.2, 0.25) is 15.9 Å². The summed E-state index contributed by atoms with van der Waals surface area (Å²) < 4.78 is 70.2. The lowest BCUT2D eigenvalue weighted by Gasteiger charge is -2.38. The van der Waals surface area contributed by atoms with Crippen molar-refractivity contribution >= 4 is 38.4 Å². The highest BCUT2D eigenvalue weighted by atomic mass is 35.5. The topological polar surface area (TPSA) is 83.4 Å². The number of nitrogens with one attached hydrogen (secondary N) is 2. The van der Waals surface area contributed by atoms with Crippen LogP contribution >= 0.6 is 11.6 Å². The van der Waals surface area contributed by atoms with Gasteiger partial charge >= 0.3 is 6.18 Å². The Labute approximate surface area is 213 Å². The van der Waals surface area contributed by atoms with Crippen molar-refractivity contribution in [3.63, 3.8) is 0 Å². The quantitative estimate of drug-likeness (QED) is 0.596. The van der Waals surface area contributed by atoms with Gasteiger partial charge < -0.3 is 14.8 Å². The molecule has 1 aromatic carbocycles. The highest BCUT2D eigenvalue weighted by Gasteiger charge is 2.44. The van der Waals surface area contributed by atoms with Gasteiger partial charge in [-0.15, -0.1) is 0 Å². The van der Waals surface area contributed by atoms with Crippen molar-refractivity contribution in [2.75, 3.05) is 19.6 Å². The number of benzene rings is 1. The molecule has 2 N–H and O–H groups in total. The predicted molar refractivity (Wildman–Crippen MR) is 130 cm³/mol. The Hall–Kier alpha value is -1.82. The highest BCUT2D eigenvalue weighted by molar-refractivity contribution is 7.89. The zero-order valence-electron chi connectivity index (χ0n) is 19.9. The van der Waals surface area contributed by atoms with Crippen LogP contribution in [0, 0.1) is 5.92 Å². The number of aromatic nitrogens is 1. The second-order valence-electron chi connectivity index (χ2n) is 10.2. The summed E-state index contributed by atoms with van der Waals surface area (Å²) in [4.78, 5) is 14.3. The normalized spacial score (nSPS) is 25.9. The molecule has 7 nitrogen and oxygen atoms in total. The SMILES string of the molecule is Cn1c(C2CC2)c(Cl)c2ccc(S(=O)(=O)NC3CCC(C(=O)N4CCNC(C(F)(F)F)C4)CC3)cc21. The van der Waals surface area contributed by atoms with Crippen LogP contribution in [0.1, 0.15) is 50.1 Å². The molecule has 2 heterocycles. The lowest BCUT2D eigenvalue weighted by atomic mass is 9.85. The van der Waals surface area contributed by atoms with Crippen LogP contribution in [0.25, 0.3) is 10.9 Å². The minimum Gasteiger partial charge on any atom is -0.346 e. The lowest BCUT2D eigenvalue weighted by molar-refractivity contribution is -0.169. The minimum atomic E-state index is -4.40. The second kappa shape index (κ2) is 9.49. The van der Waals surface area contributed by atoms with E-state index in [1.54, 1.807) is 18.2 Å². The monoisotopic (exact) mass is 546 g/mol. The summed E-state index contributed by atoms with van der Waals surface area (Å²) in [5.41, 5.74) is 1.82. The Balaban J connectivity index is 1.22. The number of hydrogen-bond donors (Lipinski definition) is 2. The molecular formula is C24H30ClF3N4O3S. The molecular weight excluding hydrogens is 517 g/mol. The molecule has 0 radical (unpaired) electrons. The molecule has 3 fully saturated rings. The molecule has 1 aliphatic heterocycles. The van der Waals surface area contributed by atoms with E-state index < -0.39 is 22.2 Å². The number of carbonyl (C=O) groups excluding carboxylic acids is 1. The van der Waals surface area contributed by atoms with Gasteiger partial charge in [0.05, 0.1) is 15.4 Å². The van der Waals surface area contributed by atoms with Gasteiger partial charge in [-0.05, 0) is 56.7 Å². The van der Waals surface area contributed by atoms with Gasteiger partial charge in [-0.2, -0.15) is 13.2 Å². The van der Waals surface area contributed by atoms with E-state index in [0.29, 0.717) is 36.6 Å². The molecule has 12 heteroatoms. The van der Waals surface area contributed by atoms with Crippen molar-refractivity contribution in [2.24, 2.45) is 13.0 Å². The third kappa shape index (κ3) is 4.99. The molecule has 1 atom stereocenters. The van der Waals surface area contributed by atoms with Crippen molar-refractivity contribution < 1.29 is 26.4 Å². The summed E-state index contributed by atoms with van der Waals surface area (Å²) in [6.07, 6.45) is -0.461. The molecule has 0 bridgehead atoms. The summed E-state index contributed by atoms with van der Waals surface area (Å²) in [7, 11) is -1.89. The van der Waals surface area contributed by atoms with E-state index in [2.05, 4.69) is 10.0 Å². The Morgan fingerprint density at radius 2 is 1.83 bits per heavy atom. The van der Waals surface area contributed by atoms with Crippen molar-refractivity contribution in [2.45, 2.75) is 67.6 Å². The molecule has 2 saturated carbocycles. The van der Waals surface area contributed by atoms with Crippen LogP contribution in [-0.2, 0) is 21.9 Å². The van der Waals surface area contributed by atoms with Crippen LogP contribution < -0.4 is 10.0 Å². The molecule has 1 saturated heterocycles. The summed E-state index contributed by atoms with van der Waals surface area (Å²) in [5.74, 6) is -0.239. The van der Waals surface area contributed by atoms with E-state index >= 15 is 0 Å². The second-order valence-corrected chi connectivity index (χ2v) is 12.3. The lowest BCUT2D eigenvalue weighted by Crippen LogP contribution is -2.59. The van der Waals surface area contributed by atoms with E-state index in [9.17, 15) is 26.4 Å². The third-order valence-electron chi connectivity index (χ3n) is 7.71. The number of piperazine rings is 1. The van der Waals surface area contributed by atoms with E-state index in [0.717, 1.165) is 29.4 Å². The molecule has 198 valence electrons. The first-order chi connectivity index (χ1) is 17.0. The summed E-state index contributed by atoms with van der Waals surface area (Å²) >= 11 is 6.57. The van der Waals surface area contributed by atoms with Crippen LogP contribution in [0.15, 0.2) is 23.1 Å². The predicted octanol–water partition coefficient (Wildman–Crippen LogP) is 3.91. The maximum Gasteiger partial charge on any atom is 0.405 e. The van der Waals surface area contributed by atoms with E-state index in [-0.39, 0.29) is 42.4 Å². The summed E-state index contributed by atoms with van der Waals surface area (Å²) in [5, 5.41) is 3.93. The van der Waals surface area contributed by atoms with E-state index in [1.807, 2.05) is 11.6 Å². The Kier molecular flexibility index (Phi) is 6.80. The van der Waals surface area contributed by atoms with Crippen LogP contribution in [0.2, 0.25) is 5.02 Å². The van der Waals surface area contributed by atoms with Gasteiger partial charge in [-0.25, -0.2) is 13.1 Å². The van der Waals surface area contributed by atoms with Crippen molar-refractivity contribution in [3.8, 4) is 0 Å². The van der Waals surface area contributed by atoms with Crippen LogP contribution in [-0.4, -0.2) is 61.7 Å². The maximum atomic E-state index is 13.1. The largest absolute Gasteiger partial charge is 0.405 e. The van der Waals surface area contributed by atoms with Gasteiger partial charge in [-0.3, -0.25) is 4.79 Å². The van der Waals surface area contributed by atoms with Gasteiger partial charge in [0, 0.05) is 55.6 Å². The van der Waals surface area contributed by atoms with Crippen LogP contribution in [0.4, 0.5) is 13.2 Å². The molecule has 3 aliphatic rings. The number of alkyl halides is 3. The molecule has 36 heavy (non-hydrogen) atoms. The number of rotatable bonds is 5. The molecule has 2 aliphatic carbocycles.